The van der Waals surface area contributed by atoms with E-state index < -0.39 is 82.0 Å². The zero-order valence-corrected chi connectivity index (χ0v) is 15.2. The van der Waals surface area contributed by atoms with Crippen molar-refractivity contribution in [2.45, 2.75) is 33.2 Å². The van der Waals surface area contributed by atoms with Gasteiger partial charge < -0.3 is 9.84 Å². The number of aliphatic hydroxyl groups is 1. The van der Waals surface area contributed by atoms with Crippen LogP contribution in [0.15, 0.2) is 11.1 Å². The number of esters is 1. The van der Waals surface area contributed by atoms with Crippen LogP contribution in [0.4, 0.5) is 30.7 Å². The topological polar surface area (TPSA) is 46.5 Å². The first kappa shape index (κ1) is 22.5. The summed E-state index contributed by atoms with van der Waals surface area (Å²) in [6.45, 7) is 0.427. The summed E-state index contributed by atoms with van der Waals surface area (Å²) in [5, 5.41) is 7.33. The summed E-state index contributed by atoms with van der Waals surface area (Å²) in [6.07, 6.45) is -4.16. The fraction of sp³-hybridized carbons (Fsp3) is 0.471. The molecule has 1 N–H and O–H groups in total. The molecule has 1 aromatic rings. The van der Waals surface area contributed by atoms with Crippen LogP contribution in [0.5, 0.6) is 0 Å². The molecule has 0 unspecified atom stereocenters. The molecule has 1 aromatic carbocycles. The van der Waals surface area contributed by atoms with E-state index in [0.29, 0.717) is 6.08 Å². The van der Waals surface area contributed by atoms with E-state index in [0.717, 1.165) is 0 Å². The largest absolute Gasteiger partial charge is 0.460 e. The van der Waals surface area contributed by atoms with Gasteiger partial charge in [0.2, 0.25) is 0 Å². The van der Waals surface area contributed by atoms with E-state index in [2.05, 4.69) is 4.74 Å². The predicted octanol–water partition coefficient (Wildman–Crippen LogP) is 4.74. The zero-order chi connectivity index (χ0) is 21.6. The summed E-state index contributed by atoms with van der Waals surface area (Å²) in [5.74, 6) is -10.5. The van der Waals surface area contributed by atoms with Crippen LogP contribution in [0.2, 0.25) is 0 Å². The van der Waals surface area contributed by atoms with Crippen LogP contribution in [0, 0.1) is 40.5 Å². The lowest BCUT2D eigenvalue weighted by molar-refractivity contribution is -0.147. The molecule has 11 heteroatoms. The number of allylic oxidation sites excluding steroid dienone is 2. The highest BCUT2D eigenvalue weighted by Gasteiger charge is 2.62. The van der Waals surface area contributed by atoms with Crippen LogP contribution in [-0.2, 0) is 22.7 Å². The van der Waals surface area contributed by atoms with Crippen molar-refractivity contribution in [3.63, 3.8) is 0 Å². The third-order valence-electron chi connectivity index (χ3n) is 4.72. The molecule has 0 spiro atoms. The highest BCUT2D eigenvalue weighted by molar-refractivity contribution is 6.30. The van der Waals surface area contributed by atoms with Crippen molar-refractivity contribution in [3.05, 3.63) is 45.5 Å². The highest BCUT2D eigenvalue weighted by atomic mass is 35.5. The average Bonchev–Trinajstić information content (AvgIpc) is 3.13. The van der Waals surface area contributed by atoms with E-state index in [-0.39, 0.29) is 0 Å². The van der Waals surface area contributed by atoms with Gasteiger partial charge in [-0.3, -0.25) is 4.79 Å². The summed E-state index contributed by atoms with van der Waals surface area (Å²) in [5.41, 5.74) is -3.42. The van der Waals surface area contributed by atoms with Crippen molar-refractivity contribution in [1.29, 1.82) is 0 Å². The Kier molecular flexibility index (Phi) is 6.06. The van der Waals surface area contributed by atoms with Gasteiger partial charge in [0.25, 0.3) is 0 Å². The van der Waals surface area contributed by atoms with Gasteiger partial charge in [0, 0.05) is 0 Å². The van der Waals surface area contributed by atoms with Crippen molar-refractivity contribution in [2.24, 2.45) is 17.3 Å². The Labute approximate surface area is 159 Å². The molecule has 1 aliphatic carbocycles. The van der Waals surface area contributed by atoms with E-state index in [1.54, 1.807) is 0 Å². The Morgan fingerprint density at radius 1 is 1.11 bits per heavy atom. The Morgan fingerprint density at radius 2 is 1.57 bits per heavy atom. The summed E-state index contributed by atoms with van der Waals surface area (Å²) < 4.78 is 97.2. The van der Waals surface area contributed by atoms with Crippen molar-refractivity contribution < 1.29 is 45.4 Å². The number of halogens is 8. The molecule has 2 rings (SSSR count). The second-order valence-electron chi connectivity index (χ2n) is 6.82. The second-order valence-corrected chi connectivity index (χ2v) is 7.22. The number of ether oxygens (including phenoxy) is 1. The van der Waals surface area contributed by atoms with E-state index in [1.165, 1.54) is 13.8 Å². The van der Waals surface area contributed by atoms with Gasteiger partial charge >= 0.3 is 12.1 Å². The maximum atomic E-state index is 13.9. The Bertz CT molecular complexity index is 804. The molecular weight excluding hydrogens is 421 g/mol. The number of rotatable bonds is 5. The molecule has 2 atom stereocenters. The molecule has 0 aliphatic heterocycles. The number of hydrogen-bond acceptors (Lipinski definition) is 3. The van der Waals surface area contributed by atoms with Crippen LogP contribution in [0.25, 0.3) is 0 Å². The lowest BCUT2D eigenvalue weighted by atomic mass is 10.1. The fourth-order valence-corrected chi connectivity index (χ4v) is 3.05. The monoisotopic (exact) mass is 434 g/mol. The normalized spacial score (nSPS) is 21.6. The van der Waals surface area contributed by atoms with Crippen molar-refractivity contribution in [3.8, 4) is 0 Å². The lowest BCUT2D eigenvalue weighted by Gasteiger charge is -2.11. The molecular formula is C17H14ClF7O3. The number of aliphatic hydroxyl groups excluding tert-OH is 1. The van der Waals surface area contributed by atoms with Crippen molar-refractivity contribution >= 4 is 17.6 Å². The van der Waals surface area contributed by atoms with E-state index >= 15 is 0 Å². The molecule has 3 nitrogen and oxygen atoms in total. The first-order valence-electron chi connectivity index (χ1n) is 7.80. The molecule has 0 amide bonds. The van der Waals surface area contributed by atoms with Crippen molar-refractivity contribution in [1.82, 2.24) is 0 Å². The summed E-state index contributed by atoms with van der Waals surface area (Å²) in [7, 11) is 0. The molecule has 0 radical (unpaired) electrons. The minimum atomic E-state index is -4.80. The van der Waals surface area contributed by atoms with Gasteiger partial charge in [-0.25, -0.2) is 17.6 Å². The summed E-state index contributed by atoms with van der Waals surface area (Å²) in [6, 6.07) is 0. The first-order valence-corrected chi connectivity index (χ1v) is 8.18. The molecule has 0 aromatic heterocycles. The molecule has 0 bridgehead atoms. The SMILES string of the molecule is CC1(C)[C@H](/C=C(\Cl)C(F)(F)F)[C@@H]1C(=O)OCc1c(F)c(F)c(CO)c(F)c1F. The fourth-order valence-electron chi connectivity index (χ4n) is 2.91. The van der Waals surface area contributed by atoms with Crippen LogP contribution >= 0.6 is 11.6 Å². The first-order chi connectivity index (χ1) is 12.7. The maximum absolute atomic E-state index is 13.9. The molecule has 1 aliphatic rings. The number of hydrogen-bond donors (Lipinski definition) is 1. The molecule has 0 heterocycles. The van der Waals surface area contributed by atoms with Gasteiger partial charge in [-0.2, -0.15) is 13.2 Å². The van der Waals surface area contributed by atoms with E-state index in [4.69, 9.17) is 16.7 Å². The van der Waals surface area contributed by atoms with Gasteiger partial charge in [-0.1, -0.05) is 31.5 Å². The number of carbonyl (C=O) groups is 1. The van der Waals surface area contributed by atoms with Crippen LogP contribution < -0.4 is 0 Å². The molecule has 1 saturated carbocycles. The maximum Gasteiger partial charge on any atom is 0.426 e. The molecule has 1 fully saturated rings. The molecule has 28 heavy (non-hydrogen) atoms. The average molecular weight is 435 g/mol. The zero-order valence-electron chi connectivity index (χ0n) is 14.4. The second kappa shape index (κ2) is 7.55. The predicted molar refractivity (Wildman–Crippen MR) is 82.7 cm³/mol. The third kappa shape index (κ3) is 3.98. The summed E-state index contributed by atoms with van der Waals surface area (Å²) in [4.78, 5) is 12.1. The Hall–Kier alpha value is -1.81. The van der Waals surface area contributed by atoms with Gasteiger partial charge in [0.05, 0.1) is 23.7 Å². The van der Waals surface area contributed by atoms with Gasteiger partial charge in [0.1, 0.15) is 11.6 Å². The number of alkyl halides is 3. The third-order valence-corrected chi connectivity index (χ3v) is 5.06. The molecule has 156 valence electrons. The lowest BCUT2D eigenvalue weighted by Crippen LogP contribution is -2.15. The van der Waals surface area contributed by atoms with Gasteiger partial charge in [0.15, 0.2) is 23.3 Å². The Balaban J connectivity index is 2.18. The van der Waals surface area contributed by atoms with Crippen LogP contribution in [0.1, 0.15) is 25.0 Å². The van der Waals surface area contributed by atoms with E-state index in [9.17, 15) is 35.5 Å². The number of carbonyl (C=O) groups excluding carboxylic acids is 1. The van der Waals surface area contributed by atoms with Gasteiger partial charge in [-0.15, -0.1) is 0 Å². The quantitative estimate of drug-likeness (QED) is 0.414. The molecule has 0 saturated heterocycles. The van der Waals surface area contributed by atoms with Gasteiger partial charge in [-0.05, 0) is 11.3 Å². The number of benzene rings is 1. The van der Waals surface area contributed by atoms with E-state index in [1.807, 2.05) is 0 Å². The Morgan fingerprint density at radius 3 is 2.00 bits per heavy atom. The smallest absolute Gasteiger partial charge is 0.426 e. The standard InChI is InChI=1S/C17H14ClF7O3/c1-16(2)8(3-9(18)17(23,24)25)10(16)15(27)28-5-7-13(21)11(19)6(4-26)12(20)14(7)22/h3,8,10,26H,4-5H2,1-2H3/b9-3-/t8-,10-/m1/s1. The minimum Gasteiger partial charge on any atom is -0.460 e. The van der Waals surface area contributed by atoms with Crippen molar-refractivity contribution in [2.75, 3.05) is 0 Å². The summed E-state index contributed by atoms with van der Waals surface area (Å²) >= 11 is 5.15. The van der Waals surface area contributed by atoms with Crippen LogP contribution in [-0.4, -0.2) is 17.3 Å². The van der Waals surface area contributed by atoms with Crippen LogP contribution in [0.3, 0.4) is 0 Å². The highest BCUT2D eigenvalue weighted by Crippen LogP contribution is 2.60. The minimum absolute atomic E-state index is 0.643.